The molecule has 1 atom stereocenters. The van der Waals surface area contributed by atoms with Crippen LogP contribution in [0.15, 0.2) is 66.7 Å². The molecule has 0 bridgehead atoms. The summed E-state index contributed by atoms with van der Waals surface area (Å²) in [5.74, 6) is 0.930. The van der Waals surface area contributed by atoms with E-state index >= 15 is 0 Å². The van der Waals surface area contributed by atoms with Crippen LogP contribution in [0.1, 0.15) is 33.9 Å². The highest BCUT2D eigenvalue weighted by Crippen LogP contribution is 2.30. The molecular weight excluding hydrogens is 396 g/mol. The van der Waals surface area contributed by atoms with E-state index in [4.69, 9.17) is 9.47 Å². The standard InChI is InChI=1S/C24H24N2O5/c1-16-4-9-19(10-5-16)25-21(17-6-11-20(12-7-17)26(28)29)15-22(27)18-8-13-23(30-2)24(14-18)31-3/h4-14,21,25H,15H2,1-3H3. The SMILES string of the molecule is COc1ccc(C(=O)CC(Nc2ccc(C)cc2)c2ccc([N+](=O)[O-])cc2)cc1OC. The van der Waals surface area contributed by atoms with Crippen LogP contribution in [-0.4, -0.2) is 24.9 Å². The van der Waals surface area contributed by atoms with E-state index in [1.54, 1.807) is 30.3 Å². The molecule has 7 heteroatoms. The van der Waals surface area contributed by atoms with Gasteiger partial charge >= 0.3 is 0 Å². The van der Waals surface area contributed by atoms with Gasteiger partial charge in [-0.25, -0.2) is 0 Å². The Labute approximate surface area is 180 Å². The Hall–Kier alpha value is -3.87. The largest absolute Gasteiger partial charge is 0.493 e. The summed E-state index contributed by atoms with van der Waals surface area (Å²) in [6.07, 6.45) is 0.154. The number of nitro benzene ring substituents is 1. The molecular formula is C24H24N2O5. The summed E-state index contributed by atoms with van der Waals surface area (Å²) in [5, 5.41) is 14.4. The van der Waals surface area contributed by atoms with Crippen LogP contribution < -0.4 is 14.8 Å². The van der Waals surface area contributed by atoms with E-state index in [1.165, 1.54) is 26.4 Å². The first-order valence-corrected chi connectivity index (χ1v) is 9.74. The Kier molecular flexibility index (Phi) is 6.87. The van der Waals surface area contributed by atoms with Crippen molar-refractivity contribution in [1.29, 1.82) is 0 Å². The molecule has 0 aliphatic carbocycles. The second-order valence-corrected chi connectivity index (χ2v) is 7.11. The van der Waals surface area contributed by atoms with Gasteiger partial charge in [-0.15, -0.1) is 0 Å². The van der Waals surface area contributed by atoms with Gasteiger partial charge in [0.2, 0.25) is 0 Å². The monoisotopic (exact) mass is 420 g/mol. The molecule has 0 aliphatic heterocycles. The maximum absolute atomic E-state index is 13.1. The van der Waals surface area contributed by atoms with E-state index in [1.807, 2.05) is 31.2 Å². The maximum Gasteiger partial charge on any atom is 0.269 e. The predicted molar refractivity (Wildman–Crippen MR) is 119 cm³/mol. The summed E-state index contributed by atoms with van der Waals surface area (Å²) >= 11 is 0. The Morgan fingerprint density at radius 1 is 0.968 bits per heavy atom. The lowest BCUT2D eigenvalue weighted by atomic mass is 9.97. The van der Waals surface area contributed by atoms with E-state index in [9.17, 15) is 14.9 Å². The number of hydrogen-bond donors (Lipinski definition) is 1. The zero-order valence-electron chi connectivity index (χ0n) is 17.6. The van der Waals surface area contributed by atoms with Crippen LogP contribution in [0.4, 0.5) is 11.4 Å². The van der Waals surface area contributed by atoms with Gasteiger partial charge in [0.1, 0.15) is 0 Å². The maximum atomic E-state index is 13.1. The number of nitrogens with one attached hydrogen (secondary N) is 1. The van der Waals surface area contributed by atoms with Gasteiger partial charge in [0.15, 0.2) is 17.3 Å². The van der Waals surface area contributed by atoms with Gasteiger partial charge in [0.05, 0.1) is 25.2 Å². The number of hydrogen-bond acceptors (Lipinski definition) is 6. The summed E-state index contributed by atoms with van der Waals surface area (Å²) in [5.41, 5.74) is 3.26. The van der Waals surface area contributed by atoms with Crippen molar-refractivity contribution in [3.8, 4) is 11.5 Å². The quantitative estimate of drug-likeness (QED) is 0.285. The van der Waals surface area contributed by atoms with Gasteiger partial charge < -0.3 is 14.8 Å². The molecule has 1 unspecified atom stereocenters. The smallest absolute Gasteiger partial charge is 0.269 e. The van der Waals surface area contributed by atoms with Crippen molar-refractivity contribution in [2.45, 2.75) is 19.4 Å². The van der Waals surface area contributed by atoms with Crippen molar-refractivity contribution in [1.82, 2.24) is 0 Å². The van der Waals surface area contributed by atoms with Crippen LogP contribution >= 0.6 is 0 Å². The number of nitro groups is 1. The lowest BCUT2D eigenvalue weighted by molar-refractivity contribution is -0.384. The van der Waals surface area contributed by atoms with E-state index in [0.29, 0.717) is 17.1 Å². The molecule has 160 valence electrons. The first kappa shape index (κ1) is 21.8. The van der Waals surface area contributed by atoms with E-state index in [-0.39, 0.29) is 23.9 Å². The zero-order valence-corrected chi connectivity index (χ0v) is 17.6. The molecule has 3 rings (SSSR count). The van der Waals surface area contributed by atoms with Crippen LogP contribution in [0.3, 0.4) is 0 Å². The Balaban J connectivity index is 1.89. The molecule has 3 aromatic rings. The van der Waals surface area contributed by atoms with Gasteiger partial charge in [-0.05, 0) is 42.8 Å². The van der Waals surface area contributed by atoms with E-state index < -0.39 is 4.92 Å². The van der Waals surface area contributed by atoms with Gasteiger partial charge in [-0.2, -0.15) is 0 Å². The number of ketones is 1. The summed E-state index contributed by atoms with van der Waals surface area (Å²) in [6, 6.07) is 18.7. The van der Waals surface area contributed by atoms with Crippen LogP contribution in [-0.2, 0) is 0 Å². The fourth-order valence-electron chi connectivity index (χ4n) is 3.24. The lowest BCUT2D eigenvalue weighted by Crippen LogP contribution is -2.16. The van der Waals surface area contributed by atoms with Gasteiger partial charge in [-0.3, -0.25) is 14.9 Å². The number of rotatable bonds is 9. The third kappa shape index (κ3) is 5.39. The van der Waals surface area contributed by atoms with Crippen LogP contribution in [0.25, 0.3) is 0 Å². The molecule has 3 aromatic carbocycles. The second-order valence-electron chi connectivity index (χ2n) is 7.11. The number of benzene rings is 3. The molecule has 1 N–H and O–H groups in total. The number of Topliss-reactive ketones (excluding diaryl/α,β-unsaturated/α-hetero) is 1. The number of nitrogens with zero attached hydrogens (tertiary/aromatic N) is 1. The topological polar surface area (TPSA) is 90.7 Å². The van der Waals surface area contributed by atoms with Crippen LogP contribution in [0.2, 0.25) is 0 Å². The fraction of sp³-hybridized carbons (Fsp3) is 0.208. The number of methoxy groups -OCH3 is 2. The molecule has 0 fully saturated rings. The highest BCUT2D eigenvalue weighted by Gasteiger charge is 2.20. The highest BCUT2D eigenvalue weighted by molar-refractivity contribution is 5.97. The zero-order chi connectivity index (χ0) is 22.4. The second kappa shape index (κ2) is 9.75. The summed E-state index contributed by atoms with van der Waals surface area (Å²) < 4.78 is 10.5. The molecule has 0 heterocycles. The predicted octanol–water partition coefficient (Wildman–Crippen LogP) is 5.35. The molecule has 0 aliphatic rings. The first-order chi connectivity index (χ1) is 14.9. The highest BCUT2D eigenvalue weighted by atomic mass is 16.6. The van der Waals surface area contributed by atoms with Crippen molar-refractivity contribution in [3.63, 3.8) is 0 Å². The Morgan fingerprint density at radius 2 is 1.61 bits per heavy atom. The number of ether oxygens (including phenoxy) is 2. The lowest BCUT2D eigenvalue weighted by Gasteiger charge is -2.20. The Morgan fingerprint density at radius 3 is 2.19 bits per heavy atom. The third-order valence-corrected chi connectivity index (χ3v) is 4.99. The van der Waals surface area contributed by atoms with Crippen molar-refractivity contribution in [3.05, 3.63) is 93.5 Å². The Bertz CT molecular complexity index is 1060. The number of anilines is 1. The normalized spacial score (nSPS) is 11.5. The fourth-order valence-corrected chi connectivity index (χ4v) is 3.24. The molecule has 0 amide bonds. The first-order valence-electron chi connectivity index (χ1n) is 9.74. The minimum Gasteiger partial charge on any atom is -0.493 e. The summed E-state index contributed by atoms with van der Waals surface area (Å²) in [7, 11) is 3.06. The minimum atomic E-state index is -0.443. The van der Waals surface area contributed by atoms with Crippen molar-refractivity contribution in [2.24, 2.45) is 0 Å². The molecule has 31 heavy (non-hydrogen) atoms. The minimum absolute atomic E-state index is 0.00375. The van der Waals surface area contributed by atoms with Crippen molar-refractivity contribution >= 4 is 17.2 Å². The van der Waals surface area contributed by atoms with Crippen LogP contribution in [0.5, 0.6) is 11.5 Å². The number of non-ortho nitro benzene ring substituents is 1. The molecule has 0 saturated carbocycles. The average molecular weight is 420 g/mol. The molecule has 0 radical (unpaired) electrons. The van der Waals surface area contributed by atoms with Gasteiger partial charge in [-0.1, -0.05) is 29.8 Å². The molecule has 0 saturated heterocycles. The molecule has 0 aromatic heterocycles. The molecule has 0 spiro atoms. The number of carbonyl (C=O) groups is 1. The summed E-state index contributed by atoms with van der Waals surface area (Å²) in [6.45, 7) is 2.00. The van der Waals surface area contributed by atoms with E-state index in [0.717, 1.165) is 16.8 Å². The average Bonchev–Trinajstić information content (AvgIpc) is 2.79. The van der Waals surface area contributed by atoms with Gasteiger partial charge in [0.25, 0.3) is 5.69 Å². The molecule has 7 nitrogen and oxygen atoms in total. The van der Waals surface area contributed by atoms with Crippen molar-refractivity contribution in [2.75, 3.05) is 19.5 Å². The van der Waals surface area contributed by atoms with Crippen LogP contribution in [0, 0.1) is 17.0 Å². The number of aryl methyl sites for hydroxylation is 1. The van der Waals surface area contributed by atoms with Crippen molar-refractivity contribution < 1.29 is 19.2 Å². The number of carbonyl (C=O) groups excluding carboxylic acids is 1. The van der Waals surface area contributed by atoms with E-state index in [2.05, 4.69) is 5.32 Å². The third-order valence-electron chi connectivity index (χ3n) is 4.99. The van der Waals surface area contributed by atoms with Gasteiger partial charge in [0, 0.05) is 29.8 Å². The summed E-state index contributed by atoms with van der Waals surface area (Å²) in [4.78, 5) is 23.6.